The predicted octanol–water partition coefficient (Wildman–Crippen LogP) is 3.12. The first-order chi connectivity index (χ1) is 8.36. The Morgan fingerprint density at radius 1 is 1.24 bits per heavy atom. The van der Waals surface area contributed by atoms with Crippen LogP contribution in [-0.4, -0.2) is 13.7 Å². The van der Waals surface area contributed by atoms with Gasteiger partial charge in [0.1, 0.15) is 12.4 Å². The van der Waals surface area contributed by atoms with Crippen LogP contribution in [0.2, 0.25) is 0 Å². The molecule has 0 amide bonds. The molecule has 2 aromatic rings. The number of hydrogen-bond donors (Lipinski definition) is 1. The Morgan fingerprint density at radius 3 is 2.82 bits per heavy atom. The van der Waals surface area contributed by atoms with E-state index in [1.807, 2.05) is 13.1 Å². The van der Waals surface area contributed by atoms with E-state index in [0.717, 1.165) is 12.3 Å². The van der Waals surface area contributed by atoms with Gasteiger partial charge in [-0.15, -0.1) is 0 Å². The molecule has 0 aliphatic rings. The average molecular weight is 227 g/mol. The smallest absolute Gasteiger partial charge is 0.124 e. The molecular formula is C15H17NO. The second-order valence-electron chi connectivity index (χ2n) is 3.89. The van der Waals surface area contributed by atoms with Crippen LogP contribution < -0.4 is 10.1 Å². The van der Waals surface area contributed by atoms with Gasteiger partial charge < -0.3 is 10.1 Å². The van der Waals surface area contributed by atoms with Crippen LogP contribution in [0.1, 0.15) is 5.56 Å². The number of hydrogen-bond acceptors (Lipinski definition) is 2. The molecule has 0 saturated carbocycles. The highest BCUT2D eigenvalue weighted by Crippen LogP contribution is 2.27. The highest BCUT2D eigenvalue weighted by Gasteiger charge is 2.07. The minimum atomic E-state index is 0.537. The number of nitrogens with one attached hydrogen (secondary N) is 1. The first kappa shape index (κ1) is 11.7. The van der Waals surface area contributed by atoms with Gasteiger partial charge in [-0.3, -0.25) is 0 Å². The van der Waals surface area contributed by atoms with Crippen LogP contribution in [0.5, 0.6) is 5.75 Å². The molecule has 0 saturated heterocycles. The van der Waals surface area contributed by atoms with E-state index in [1.165, 1.54) is 16.3 Å². The Bertz CT molecular complexity index is 519. The van der Waals surface area contributed by atoms with Crippen molar-refractivity contribution in [2.24, 2.45) is 0 Å². The van der Waals surface area contributed by atoms with Crippen LogP contribution in [-0.2, 0) is 6.54 Å². The topological polar surface area (TPSA) is 21.3 Å². The van der Waals surface area contributed by atoms with Gasteiger partial charge >= 0.3 is 0 Å². The summed E-state index contributed by atoms with van der Waals surface area (Å²) in [4.78, 5) is 0. The predicted molar refractivity (Wildman–Crippen MR) is 72.4 cm³/mol. The molecule has 0 heterocycles. The Morgan fingerprint density at radius 2 is 2.06 bits per heavy atom. The third-order valence-electron chi connectivity index (χ3n) is 2.71. The Labute approximate surface area is 102 Å². The van der Waals surface area contributed by atoms with Crippen molar-refractivity contribution in [3.63, 3.8) is 0 Å². The minimum absolute atomic E-state index is 0.537. The lowest BCUT2D eigenvalue weighted by molar-refractivity contribution is 0.359. The molecule has 0 radical (unpaired) electrons. The normalized spacial score (nSPS) is 10.4. The van der Waals surface area contributed by atoms with Gasteiger partial charge in [-0.05, 0) is 23.9 Å². The molecule has 2 rings (SSSR count). The molecule has 1 N–H and O–H groups in total. The molecule has 0 aromatic heterocycles. The largest absolute Gasteiger partial charge is 0.489 e. The molecular weight excluding hydrogens is 210 g/mol. The molecule has 0 fully saturated rings. The summed E-state index contributed by atoms with van der Waals surface area (Å²) < 4.78 is 5.69. The summed E-state index contributed by atoms with van der Waals surface area (Å²) in [5.74, 6) is 0.929. The van der Waals surface area contributed by atoms with Crippen LogP contribution in [0.3, 0.4) is 0 Å². The molecule has 2 heteroatoms. The van der Waals surface area contributed by atoms with Gasteiger partial charge in [-0.25, -0.2) is 0 Å². The van der Waals surface area contributed by atoms with E-state index in [1.54, 1.807) is 6.08 Å². The van der Waals surface area contributed by atoms with E-state index in [0.29, 0.717) is 6.61 Å². The molecule has 0 aliphatic carbocycles. The van der Waals surface area contributed by atoms with Crippen molar-refractivity contribution in [1.29, 1.82) is 0 Å². The van der Waals surface area contributed by atoms with Crippen LogP contribution >= 0.6 is 0 Å². The fourth-order valence-corrected chi connectivity index (χ4v) is 1.96. The minimum Gasteiger partial charge on any atom is -0.489 e. The maximum Gasteiger partial charge on any atom is 0.124 e. The summed E-state index contributed by atoms with van der Waals surface area (Å²) in [7, 11) is 1.94. The fourth-order valence-electron chi connectivity index (χ4n) is 1.96. The van der Waals surface area contributed by atoms with Crippen molar-refractivity contribution in [3.05, 3.63) is 54.6 Å². The summed E-state index contributed by atoms with van der Waals surface area (Å²) >= 11 is 0. The lowest BCUT2D eigenvalue weighted by Gasteiger charge is -2.13. The highest BCUT2D eigenvalue weighted by molar-refractivity contribution is 5.87. The monoisotopic (exact) mass is 227 g/mol. The van der Waals surface area contributed by atoms with E-state index in [2.05, 4.69) is 42.2 Å². The van der Waals surface area contributed by atoms with Gasteiger partial charge in [0, 0.05) is 12.1 Å². The second-order valence-corrected chi connectivity index (χ2v) is 3.89. The lowest BCUT2D eigenvalue weighted by Crippen LogP contribution is -2.08. The zero-order valence-corrected chi connectivity index (χ0v) is 10.1. The quantitative estimate of drug-likeness (QED) is 0.792. The van der Waals surface area contributed by atoms with Crippen molar-refractivity contribution in [2.75, 3.05) is 13.7 Å². The van der Waals surface area contributed by atoms with Gasteiger partial charge in [0.05, 0.1) is 0 Å². The fraction of sp³-hybridized carbons (Fsp3) is 0.200. The zero-order valence-electron chi connectivity index (χ0n) is 10.1. The third-order valence-corrected chi connectivity index (χ3v) is 2.71. The third kappa shape index (κ3) is 2.48. The maximum atomic E-state index is 5.69. The van der Waals surface area contributed by atoms with Gasteiger partial charge in [-0.2, -0.15) is 0 Å². The molecule has 0 unspecified atom stereocenters. The van der Waals surface area contributed by atoms with Crippen molar-refractivity contribution >= 4 is 10.8 Å². The molecule has 0 atom stereocenters. The van der Waals surface area contributed by atoms with Crippen LogP contribution in [0.25, 0.3) is 10.8 Å². The second kappa shape index (κ2) is 5.51. The molecule has 0 aliphatic heterocycles. The molecule has 88 valence electrons. The van der Waals surface area contributed by atoms with Crippen LogP contribution in [0.4, 0.5) is 0 Å². The first-order valence-corrected chi connectivity index (χ1v) is 5.75. The van der Waals surface area contributed by atoms with E-state index >= 15 is 0 Å². The summed E-state index contributed by atoms with van der Waals surface area (Å²) in [5.41, 5.74) is 1.20. The number of benzene rings is 2. The first-order valence-electron chi connectivity index (χ1n) is 5.75. The molecule has 2 aromatic carbocycles. The molecule has 17 heavy (non-hydrogen) atoms. The van der Waals surface area contributed by atoms with Crippen LogP contribution in [0, 0.1) is 0 Å². The van der Waals surface area contributed by atoms with Gasteiger partial charge in [0.2, 0.25) is 0 Å². The molecule has 2 nitrogen and oxygen atoms in total. The van der Waals surface area contributed by atoms with Crippen molar-refractivity contribution < 1.29 is 4.74 Å². The Hall–Kier alpha value is -1.80. The summed E-state index contributed by atoms with van der Waals surface area (Å²) in [6.07, 6.45) is 1.76. The molecule has 0 spiro atoms. The SMILES string of the molecule is C=CCOc1ccc2ccccc2c1CNC. The van der Waals surface area contributed by atoms with Crippen LogP contribution in [0.15, 0.2) is 49.1 Å². The van der Waals surface area contributed by atoms with E-state index in [9.17, 15) is 0 Å². The average Bonchev–Trinajstić information content (AvgIpc) is 2.38. The van der Waals surface area contributed by atoms with Crippen molar-refractivity contribution in [3.8, 4) is 5.75 Å². The molecule has 0 bridgehead atoms. The zero-order chi connectivity index (χ0) is 12.1. The van der Waals surface area contributed by atoms with Crippen molar-refractivity contribution in [1.82, 2.24) is 5.32 Å². The van der Waals surface area contributed by atoms with Crippen molar-refractivity contribution in [2.45, 2.75) is 6.54 Å². The Balaban J connectivity index is 2.51. The number of fused-ring (bicyclic) bond motifs is 1. The summed E-state index contributed by atoms with van der Waals surface area (Å²) in [6.45, 7) is 5.01. The van der Waals surface area contributed by atoms with Gasteiger partial charge in [-0.1, -0.05) is 43.0 Å². The van der Waals surface area contributed by atoms with Gasteiger partial charge in [0.15, 0.2) is 0 Å². The standard InChI is InChI=1S/C15H17NO/c1-3-10-17-15-9-8-12-6-4-5-7-13(12)14(15)11-16-2/h3-9,16H,1,10-11H2,2H3. The van der Waals surface area contributed by atoms with E-state index in [4.69, 9.17) is 4.74 Å². The summed E-state index contributed by atoms with van der Waals surface area (Å²) in [5, 5.41) is 5.67. The van der Waals surface area contributed by atoms with E-state index < -0.39 is 0 Å². The maximum absolute atomic E-state index is 5.69. The number of ether oxygens (including phenoxy) is 1. The van der Waals surface area contributed by atoms with Gasteiger partial charge in [0.25, 0.3) is 0 Å². The lowest BCUT2D eigenvalue weighted by atomic mass is 10.0. The summed E-state index contributed by atoms with van der Waals surface area (Å²) in [6, 6.07) is 12.5. The number of rotatable bonds is 5. The highest BCUT2D eigenvalue weighted by atomic mass is 16.5. The Kier molecular flexibility index (Phi) is 3.78. The van der Waals surface area contributed by atoms with E-state index in [-0.39, 0.29) is 0 Å².